The standard InChI is InChI=1S/C12H14Cl2N2O/c1-7(2)3-4-16-12(17)8-5-9(13)11(14)10(15)6-8/h3,5-6H,4,15H2,1-2H3,(H,16,17). The first-order valence-corrected chi connectivity index (χ1v) is 5.83. The number of allylic oxidation sites excluding steroid dienone is 1. The molecule has 0 aliphatic heterocycles. The first-order valence-electron chi connectivity index (χ1n) is 5.08. The second-order valence-electron chi connectivity index (χ2n) is 3.85. The summed E-state index contributed by atoms with van der Waals surface area (Å²) in [5.74, 6) is -0.229. The first-order chi connectivity index (χ1) is 7.91. The van der Waals surface area contributed by atoms with Gasteiger partial charge in [-0.2, -0.15) is 0 Å². The van der Waals surface area contributed by atoms with Crippen molar-refractivity contribution in [3.8, 4) is 0 Å². The SMILES string of the molecule is CC(C)=CCNC(=O)c1cc(N)c(Cl)c(Cl)c1. The van der Waals surface area contributed by atoms with E-state index in [1.54, 1.807) is 0 Å². The number of benzene rings is 1. The number of nitrogen functional groups attached to an aromatic ring is 1. The molecule has 1 amide bonds. The summed E-state index contributed by atoms with van der Waals surface area (Å²) >= 11 is 11.6. The minimum atomic E-state index is -0.229. The van der Waals surface area contributed by atoms with Crippen molar-refractivity contribution in [2.75, 3.05) is 12.3 Å². The highest BCUT2D eigenvalue weighted by molar-refractivity contribution is 6.43. The highest BCUT2D eigenvalue weighted by atomic mass is 35.5. The predicted octanol–water partition coefficient (Wildman–Crippen LogP) is 3.27. The maximum absolute atomic E-state index is 11.7. The quantitative estimate of drug-likeness (QED) is 0.656. The van der Waals surface area contributed by atoms with Crippen LogP contribution in [-0.4, -0.2) is 12.5 Å². The van der Waals surface area contributed by atoms with Crippen LogP contribution in [0.5, 0.6) is 0 Å². The number of anilines is 1. The Labute approximate surface area is 111 Å². The van der Waals surface area contributed by atoms with Crippen LogP contribution in [0.4, 0.5) is 5.69 Å². The van der Waals surface area contributed by atoms with Crippen molar-refractivity contribution in [3.05, 3.63) is 39.4 Å². The topological polar surface area (TPSA) is 55.1 Å². The summed E-state index contributed by atoms with van der Waals surface area (Å²) in [6.07, 6.45) is 1.92. The molecule has 0 aliphatic rings. The van der Waals surface area contributed by atoms with Crippen LogP contribution >= 0.6 is 23.2 Å². The van der Waals surface area contributed by atoms with E-state index < -0.39 is 0 Å². The molecule has 17 heavy (non-hydrogen) atoms. The van der Waals surface area contributed by atoms with Gasteiger partial charge in [-0.3, -0.25) is 4.79 Å². The van der Waals surface area contributed by atoms with E-state index in [4.69, 9.17) is 28.9 Å². The van der Waals surface area contributed by atoms with Gasteiger partial charge in [-0.25, -0.2) is 0 Å². The summed E-state index contributed by atoms with van der Waals surface area (Å²) < 4.78 is 0. The van der Waals surface area contributed by atoms with Crippen molar-refractivity contribution in [2.24, 2.45) is 0 Å². The maximum Gasteiger partial charge on any atom is 0.251 e. The molecule has 0 aliphatic carbocycles. The van der Waals surface area contributed by atoms with Gasteiger partial charge < -0.3 is 11.1 Å². The molecule has 5 heteroatoms. The molecule has 0 saturated heterocycles. The molecule has 0 bridgehead atoms. The van der Waals surface area contributed by atoms with Crippen LogP contribution in [0.25, 0.3) is 0 Å². The van der Waals surface area contributed by atoms with Crippen LogP contribution < -0.4 is 11.1 Å². The average molecular weight is 273 g/mol. The summed E-state index contributed by atoms with van der Waals surface area (Å²) in [6.45, 7) is 4.40. The van der Waals surface area contributed by atoms with Crippen molar-refractivity contribution in [1.29, 1.82) is 0 Å². The molecular weight excluding hydrogens is 259 g/mol. The van der Waals surface area contributed by atoms with E-state index in [-0.39, 0.29) is 16.0 Å². The van der Waals surface area contributed by atoms with Gasteiger partial charge in [0.2, 0.25) is 0 Å². The van der Waals surface area contributed by atoms with Gasteiger partial charge in [0.1, 0.15) is 0 Å². The fourth-order valence-corrected chi connectivity index (χ4v) is 1.53. The van der Waals surface area contributed by atoms with E-state index >= 15 is 0 Å². The van der Waals surface area contributed by atoms with Crippen molar-refractivity contribution in [3.63, 3.8) is 0 Å². The average Bonchev–Trinajstić information content (AvgIpc) is 2.24. The summed E-state index contributed by atoms with van der Waals surface area (Å²) in [7, 11) is 0. The Kier molecular flexibility index (Phi) is 4.85. The number of carbonyl (C=O) groups excluding carboxylic acids is 1. The van der Waals surface area contributed by atoms with Crippen LogP contribution in [-0.2, 0) is 0 Å². The second-order valence-corrected chi connectivity index (χ2v) is 4.64. The molecule has 0 spiro atoms. The number of amides is 1. The molecule has 0 atom stereocenters. The highest BCUT2D eigenvalue weighted by Crippen LogP contribution is 2.29. The van der Waals surface area contributed by atoms with E-state index in [0.29, 0.717) is 17.8 Å². The van der Waals surface area contributed by atoms with Crippen LogP contribution in [0, 0.1) is 0 Å². The third-order valence-corrected chi connectivity index (χ3v) is 2.91. The van der Waals surface area contributed by atoms with E-state index in [9.17, 15) is 4.79 Å². The Balaban J connectivity index is 2.80. The molecule has 0 heterocycles. The zero-order valence-electron chi connectivity index (χ0n) is 9.68. The molecule has 1 aromatic rings. The summed E-state index contributed by atoms with van der Waals surface area (Å²) in [6, 6.07) is 3.00. The van der Waals surface area contributed by atoms with E-state index in [0.717, 1.165) is 5.57 Å². The number of rotatable bonds is 3. The number of carbonyl (C=O) groups is 1. The fraction of sp³-hybridized carbons (Fsp3) is 0.250. The lowest BCUT2D eigenvalue weighted by molar-refractivity contribution is 0.0958. The minimum absolute atomic E-state index is 0.229. The first kappa shape index (κ1) is 13.9. The van der Waals surface area contributed by atoms with Crippen LogP contribution in [0.2, 0.25) is 10.0 Å². The van der Waals surface area contributed by atoms with E-state index in [2.05, 4.69) is 5.32 Å². The van der Waals surface area contributed by atoms with Gasteiger partial charge in [0, 0.05) is 12.1 Å². The summed E-state index contributed by atoms with van der Waals surface area (Å²) in [5.41, 5.74) is 7.47. The number of nitrogens with two attached hydrogens (primary N) is 1. The minimum Gasteiger partial charge on any atom is -0.397 e. The van der Waals surface area contributed by atoms with Gasteiger partial charge >= 0.3 is 0 Å². The van der Waals surface area contributed by atoms with Crippen molar-refractivity contribution in [1.82, 2.24) is 5.32 Å². The number of nitrogens with one attached hydrogen (secondary N) is 1. The largest absolute Gasteiger partial charge is 0.397 e. The van der Waals surface area contributed by atoms with E-state index in [1.165, 1.54) is 12.1 Å². The van der Waals surface area contributed by atoms with Gasteiger partial charge in [0.25, 0.3) is 5.91 Å². The third kappa shape index (κ3) is 3.95. The molecule has 1 rings (SSSR count). The van der Waals surface area contributed by atoms with Crippen molar-refractivity contribution < 1.29 is 4.79 Å². The van der Waals surface area contributed by atoms with Gasteiger partial charge in [-0.1, -0.05) is 34.9 Å². The number of hydrogen-bond donors (Lipinski definition) is 2. The molecule has 92 valence electrons. The van der Waals surface area contributed by atoms with Gasteiger partial charge in [0.15, 0.2) is 0 Å². The number of hydrogen-bond acceptors (Lipinski definition) is 2. The molecule has 0 saturated carbocycles. The summed E-state index contributed by atoms with van der Waals surface area (Å²) in [5, 5.41) is 3.28. The van der Waals surface area contributed by atoms with Crippen LogP contribution in [0.15, 0.2) is 23.8 Å². The maximum atomic E-state index is 11.7. The lowest BCUT2D eigenvalue weighted by Gasteiger charge is -2.06. The van der Waals surface area contributed by atoms with Crippen molar-refractivity contribution in [2.45, 2.75) is 13.8 Å². The normalized spacial score (nSPS) is 9.88. The zero-order valence-corrected chi connectivity index (χ0v) is 11.2. The molecule has 0 aromatic heterocycles. The Hall–Kier alpha value is -1.19. The molecule has 0 fully saturated rings. The Morgan fingerprint density at radius 2 is 2.06 bits per heavy atom. The fourth-order valence-electron chi connectivity index (χ4n) is 1.19. The molecule has 0 unspecified atom stereocenters. The second kappa shape index (κ2) is 5.94. The lowest BCUT2D eigenvalue weighted by atomic mass is 10.2. The lowest BCUT2D eigenvalue weighted by Crippen LogP contribution is -2.23. The van der Waals surface area contributed by atoms with E-state index in [1.807, 2.05) is 19.9 Å². The Morgan fingerprint density at radius 3 is 2.59 bits per heavy atom. The number of halogens is 2. The summed E-state index contributed by atoms with van der Waals surface area (Å²) in [4.78, 5) is 11.7. The van der Waals surface area contributed by atoms with Gasteiger partial charge in [-0.15, -0.1) is 0 Å². The van der Waals surface area contributed by atoms with Gasteiger partial charge in [-0.05, 0) is 26.0 Å². The molecule has 3 nitrogen and oxygen atoms in total. The molecule has 0 radical (unpaired) electrons. The molecular formula is C12H14Cl2N2O. The van der Waals surface area contributed by atoms with Gasteiger partial charge in [0.05, 0.1) is 15.7 Å². The smallest absolute Gasteiger partial charge is 0.251 e. The predicted molar refractivity (Wildman–Crippen MR) is 72.6 cm³/mol. The van der Waals surface area contributed by atoms with Crippen LogP contribution in [0.1, 0.15) is 24.2 Å². The van der Waals surface area contributed by atoms with Crippen molar-refractivity contribution >= 4 is 34.8 Å². The monoisotopic (exact) mass is 272 g/mol. The molecule has 3 N–H and O–H groups in total. The Morgan fingerprint density at radius 1 is 1.41 bits per heavy atom. The zero-order chi connectivity index (χ0) is 13.0. The highest BCUT2D eigenvalue weighted by Gasteiger charge is 2.10. The third-order valence-electron chi connectivity index (χ3n) is 2.09. The molecule has 1 aromatic carbocycles. The Bertz CT molecular complexity index is 443. The van der Waals surface area contributed by atoms with Crippen LogP contribution in [0.3, 0.4) is 0 Å².